The molecule has 2 aromatic rings. The van der Waals surface area contributed by atoms with Crippen LogP contribution in [0.2, 0.25) is 0 Å². The third-order valence-electron chi connectivity index (χ3n) is 2.24. The van der Waals surface area contributed by atoms with Crippen molar-refractivity contribution in [1.82, 2.24) is 9.78 Å². The van der Waals surface area contributed by atoms with Gasteiger partial charge in [-0.25, -0.2) is 4.39 Å². The van der Waals surface area contributed by atoms with E-state index in [-0.39, 0.29) is 12.4 Å². The molecule has 0 spiro atoms. The van der Waals surface area contributed by atoms with Crippen molar-refractivity contribution < 1.29 is 14.2 Å². The van der Waals surface area contributed by atoms with Gasteiger partial charge in [-0.1, -0.05) is 15.9 Å². The molecule has 18 heavy (non-hydrogen) atoms. The molecule has 0 amide bonds. The number of nitrogens with zero attached hydrogens (tertiary/aromatic N) is 2. The summed E-state index contributed by atoms with van der Waals surface area (Å²) in [6, 6.07) is 6.03. The summed E-state index contributed by atoms with van der Waals surface area (Å²) < 4.78 is 20.6. The summed E-state index contributed by atoms with van der Waals surface area (Å²) >= 11 is 3.17. The normalized spacial score (nSPS) is 12.4. The molecule has 0 aliphatic carbocycles. The summed E-state index contributed by atoms with van der Waals surface area (Å²) in [5.41, 5.74) is 0. The van der Waals surface area contributed by atoms with Gasteiger partial charge in [-0.15, -0.1) is 0 Å². The summed E-state index contributed by atoms with van der Waals surface area (Å²) in [5, 5.41) is 13.7. The predicted molar refractivity (Wildman–Crippen MR) is 67.8 cm³/mol. The van der Waals surface area contributed by atoms with Gasteiger partial charge in [-0.2, -0.15) is 5.10 Å². The highest BCUT2D eigenvalue weighted by Gasteiger charge is 2.07. The maximum Gasteiger partial charge on any atom is 0.128 e. The number of rotatable bonds is 5. The standard InChI is InChI=1S/C12H12BrFN2O2/c13-9-4-10(14)6-12(5-9)18-8-11(17)7-16-3-1-2-15-16/h1-6,11,17H,7-8H2/t11-/m1/s1. The van der Waals surface area contributed by atoms with E-state index in [0.29, 0.717) is 16.8 Å². The van der Waals surface area contributed by atoms with E-state index in [9.17, 15) is 9.50 Å². The van der Waals surface area contributed by atoms with Crippen LogP contribution in [0.5, 0.6) is 5.75 Å². The highest BCUT2D eigenvalue weighted by Crippen LogP contribution is 2.20. The fraction of sp³-hybridized carbons (Fsp3) is 0.250. The summed E-state index contributed by atoms with van der Waals surface area (Å²) in [4.78, 5) is 0. The molecule has 4 nitrogen and oxygen atoms in total. The number of aliphatic hydroxyl groups excluding tert-OH is 1. The first-order valence-electron chi connectivity index (χ1n) is 5.38. The van der Waals surface area contributed by atoms with Crippen LogP contribution in [-0.2, 0) is 6.54 Å². The van der Waals surface area contributed by atoms with Gasteiger partial charge in [0.2, 0.25) is 0 Å². The zero-order chi connectivity index (χ0) is 13.0. The Morgan fingerprint density at radius 1 is 1.44 bits per heavy atom. The minimum Gasteiger partial charge on any atom is -0.491 e. The maximum atomic E-state index is 13.1. The molecule has 1 heterocycles. The van der Waals surface area contributed by atoms with E-state index in [1.165, 1.54) is 12.1 Å². The number of hydrogen-bond acceptors (Lipinski definition) is 3. The Hall–Kier alpha value is -1.40. The van der Waals surface area contributed by atoms with E-state index < -0.39 is 6.10 Å². The summed E-state index contributed by atoms with van der Waals surface area (Å²) in [6.45, 7) is 0.416. The summed E-state index contributed by atoms with van der Waals surface area (Å²) in [7, 11) is 0. The monoisotopic (exact) mass is 314 g/mol. The lowest BCUT2D eigenvalue weighted by Gasteiger charge is -2.12. The Morgan fingerprint density at radius 2 is 2.28 bits per heavy atom. The molecule has 0 aliphatic rings. The lowest BCUT2D eigenvalue weighted by molar-refractivity contribution is 0.0891. The Kier molecular flexibility index (Phi) is 4.33. The molecule has 1 aromatic carbocycles. The van der Waals surface area contributed by atoms with Crippen molar-refractivity contribution in [1.29, 1.82) is 0 Å². The van der Waals surface area contributed by atoms with Gasteiger partial charge < -0.3 is 9.84 Å². The fourth-order valence-electron chi connectivity index (χ4n) is 1.48. The van der Waals surface area contributed by atoms with Crippen molar-refractivity contribution in [3.63, 3.8) is 0 Å². The predicted octanol–water partition coefficient (Wildman–Crippen LogP) is 2.22. The Labute approximate surface area is 112 Å². The van der Waals surface area contributed by atoms with Crippen molar-refractivity contribution in [2.45, 2.75) is 12.6 Å². The minimum absolute atomic E-state index is 0.0791. The highest BCUT2D eigenvalue weighted by atomic mass is 79.9. The van der Waals surface area contributed by atoms with E-state index >= 15 is 0 Å². The van der Waals surface area contributed by atoms with E-state index in [0.717, 1.165) is 0 Å². The van der Waals surface area contributed by atoms with Gasteiger partial charge in [0.15, 0.2) is 0 Å². The molecule has 0 aliphatic heterocycles. The maximum absolute atomic E-state index is 13.1. The number of aromatic nitrogens is 2. The van der Waals surface area contributed by atoms with Crippen LogP contribution < -0.4 is 4.74 Å². The van der Waals surface area contributed by atoms with Crippen LogP contribution >= 0.6 is 15.9 Å². The van der Waals surface area contributed by atoms with E-state index in [1.807, 2.05) is 0 Å². The van der Waals surface area contributed by atoms with Gasteiger partial charge in [-0.3, -0.25) is 4.68 Å². The van der Waals surface area contributed by atoms with Crippen LogP contribution in [0.3, 0.4) is 0 Å². The third kappa shape index (κ3) is 3.82. The van der Waals surface area contributed by atoms with Gasteiger partial charge in [0, 0.05) is 22.9 Å². The lowest BCUT2D eigenvalue weighted by Crippen LogP contribution is -2.23. The molecule has 0 saturated carbocycles. The first-order valence-corrected chi connectivity index (χ1v) is 6.17. The first kappa shape index (κ1) is 13.0. The van der Waals surface area contributed by atoms with Crippen molar-refractivity contribution in [3.8, 4) is 5.75 Å². The molecule has 96 valence electrons. The first-order chi connectivity index (χ1) is 8.63. The SMILES string of the molecule is O[C@@H](COc1cc(F)cc(Br)c1)Cn1cccn1. The second-order valence-electron chi connectivity index (χ2n) is 3.80. The smallest absolute Gasteiger partial charge is 0.128 e. The molecule has 1 atom stereocenters. The third-order valence-corrected chi connectivity index (χ3v) is 2.69. The second kappa shape index (κ2) is 5.97. The van der Waals surface area contributed by atoms with Gasteiger partial charge in [0.1, 0.15) is 24.3 Å². The average Bonchev–Trinajstić information content (AvgIpc) is 2.78. The lowest BCUT2D eigenvalue weighted by atomic mass is 10.3. The number of ether oxygens (including phenoxy) is 1. The molecule has 0 bridgehead atoms. The largest absolute Gasteiger partial charge is 0.491 e. The molecular formula is C12H12BrFN2O2. The van der Waals surface area contributed by atoms with Crippen molar-refractivity contribution in [2.75, 3.05) is 6.61 Å². The average molecular weight is 315 g/mol. The van der Waals surface area contributed by atoms with E-state index in [2.05, 4.69) is 21.0 Å². The molecule has 0 fully saturated rings. The molecule has 1 aromatic heterocycles. The highest BCUT2D eigenvalue weighted by molar-refractivity contribution is 9.10. The summed E-state index contributed by atoms with van der Waals surface area (Å²) in [5.74, 6) is -0.0117. The van der Waals surface area contributed by atoms with Gasteiger partial charge in [0.25, 0.3) is 0 Å². The molecule has 1 N–H and O–H groups in total. The number of hydrogen-bond donors (Lipinski definition) is 1. The van der Waals surface area contributed by atoms with Crippen LogP contribution in [0.4, 0.5) is 4.39 Å². The molecule has 2 rings (SSSR count). The van der Waals surface area contributed by atoms with Gasteiger partial charge in [0.05, 0.1) is 6.54 Å². The zero-order valence-corrected chi connectivity index (χ0v) is 11.0. The fourth-order valence-corrected chi connectivity index (χ4v) is 1.93. The molecular weight excluding hydrogens is 303 g/mol. The Balaban J connectivity index is 1.87. The van der Waals surface area contributed by atoms with Crippen LogP contribution in [0, 0.1) is 5.82 Å². The second-order valence-corrected chi connectivity index (χ2v) is 4.71. The number of aliphatic hydroxyl groups is 1. The Bertz CT molecular complexity index is 485. The minimum atomic E-state index is -0.702. The van der Waals surface area contributed by atoms with Crippen LogP contribution in [0.25, 0.3) is 0 Å². The van der Waals surface area contributed by atoms with E-state index in [4.69, 9.17) is 4.74 Å². The van der Waals surface area contributed by atoms with Crippen molar-refractivity contribution in [3.05, 3.63) is 46.9 Å². The van der Waals surface area contributed by atoms with Crippen molar-refractivity contribution >= 4 is 15.9 Å². The van der Waals surface area contributed by atoms with E-state index in [1.54, 1.807) is 29.2 Å². The van der Waals surface area contributed by atoms with Crippen LogP contribution in [0.1, 0.15) is 0 Å². The van der Waals surface area contributed by atoms with Crippen LogP contribution in [-0.4, -0.2) is 27.6 Å². The molecule has 0 unspecified atom stereocenters. The zero-order valence-electron chi connectivity index (χ0n) is 9.46. The quantitative estimate of drug-likeness (QED) is 0.920. The van der Waals surface area contributed by atoms with Crippen molar-refractivity contribution in [2.24, 2.45) is 0 Å². The number of halogens is 2. The Morgan fingerprint density at radius 3 is 2.94 bits per heavy atom. The number of benzene rings is 1. The van der Waals surface area contributed by atoms with Crippen LogP contribution in [0.15, 0.2) is 41.1 Å². The van der Waals surface area contributed by atoms with Gasteiger partial charge >= 0.3 is 0 Å². The van der Waals surface area contributed by atoms with Gasteiger partial charge in [-0.05, 0) is 18.2 Å². The topological polar surface area (TPSA) is 47.3 Å². The molecule has 0 radical (unpaired) electrons. The molecule has 0 saturated heterocycles. The molecule has 6 heteroatoms. The summed E-state index contributed by atoms with van der Waals surface area (Å²) in [6.07, 6.45) is 2.69.